The number of rotatable bonds is 8. The lowest BCUT2D eigenvalue weighted by Gasteiger charge is -2.08. The minimum Gasteiger partial charge on any atom is -0.487 e. The Hall–Kier alpha value is -2.86. The van der Waals surface area contributed by atoms with Crippen LogP contribution >= 0.6 is 0 Å². The summed E-state index contributed by atoms with van der Waals surface area (Å²) in [4.78, 5) is 16.6. The number of ether oxygens (including phenoxy) is 1. The van der Waals surface area contributed by atoms with E-state index in [1.165, 1.54) is 0 Å². The molecule has 0 aliphatic carbocycles. The van der Waals surface area contributed by atoms with Gasteiger partial charge in [0.25, 0.3) is 5.91 Å². The second-order valence-electron chi connectivity index (χ2n) is 5.73. The van der Waals surface area contributed by atoms with E-state index >= 15 is 0 Å². The van der Waals surface area contributed by atoms with Gasteiger partial charge in [-0.15, -0.1) is 0 Å². The lowest BCUT2D eigenvalue weighted by Crippen LogP contribution is -2.26. The van der Waals surface area contributed by atoms with E-state index in [2.05, 4.69) is 15.6 Å². The fourth-order valence-electron chi connectivity index (χ4n) is 2.51. The van der Waals surface area contributed by atoms with Gasteiger partial charge in [0.15, 0.2) is 0 Å². The molecule has 2 heterocycles. The molecule has 1 amide bonds. The molecular weight excluding hydrogens is 316 g/mol. The fourth-order valence-corrected chi connectivity index (χ4v) is 2.51. The van der Waals surface area contributed by atoms with Gasteiger partial charge in [-0.2, -0.15) is 0 Å². The minimum atomic E-state index is -0.0886. The zero-order chi connectivity index (χ0) is 17.5. The first kappa shape index (κ1) is 17.0. The van der Waals surface area contributed by atoms with Crippen molar-refractivity contribution in [2.75, 3.05) is 20.1 Å². The summed E-state index contributed by atoms with van der Waals surface area (Å²) in [5.41, 5.74) is 2.32. The van der Waals surface area contributed by atoms with Crippen LogP contribution in [0.3, 0.4) is 0 Å². The Kier molecular flexibility index (Phi) is 5.64. The van der Waals surface area contributed by atoms with Gasteiger partial charge in [0.2, 0.25) is 0 Å². The van der Waals surface area contributed by atoms with Crippen LogP contribution in [0.5, 0.6) is 5.75 Å². The number of aromatic nitrogens is 2. The molecule has 0 spiro atoms. The molecule has 6 heteroatoms. The number of pyridine rings is 1. The fraction of sp³-hybridized carbons (Fsp3) is 0.263. The van der Waals surface area contributed by atoms with Gasteiger partial charge in [0.05, 0.1) is 5.69 Å². The summed E-state index contributed by atoms with van der Waals surface area (Å²) in [7, 11) is 1.89. The Morgan fingerprint density at radius 3 is 2.96 bits per heavy atom. The van der Waals surface area contributed by atoms with E-state index in [9.17, 15) is 4.79 Å². The summed E-state index contributed by atoms with van der Waals surface area (Å²) >= 11 is 0. The van der Waals surface area contributed by atoms with Gasteiger partial charge in [0, 0.05) is 24.5 Å². The molecule has 0 bridgehead atoms. The molecule has 0 aliphatic rings. The molecule has 3 rings (SSSR count). The number of benzene rings is 1. The van der Waals surface area contributed by atoms with Crippen LogP contribution in [0.15, 0.2) is 54.9 Å². The minimum absolute atomic E-state index is 0.0886. The van der Waals surface area contributed by atoms with Gasteiger partial charge in [0.1, 0.15) is 18.0 Å². The number of amides is 1. The Bertz CT molecular complexity index is 811. The molecule has 6 nitrogen and oxygen atoms in total. The maximum atomic E-state index is 12.1. The SMILES string of the molecule is CNCCCNC(=O)c1cccc(OCc2cn3ccccc3n2)c1. The Balaban J connectivity index is 1.58. The zero-order valence-corrected chi connectivity index (χ0v) is 14.2. The number of imidazole rings is 1. The van der Waals surface area contributed by atoms with Crippen LogP contribution in [0.2, 0.25) is 0 Å². The second kappa shape index (κ2) is 8.30. The molecule has 0 aliphatic heterocycles. The van der Waals surface area contributed by atoms with Crippen molar-refractivity contribution in [3.8, 4) is 5.75 Å². The molecule has 3 aromatic rings. The molecule has 0 saturated heterocycles. The van der Waals surface area contributed by atoms with Crippen LogP contribution in [0.25, 0.3) is 5.65 Å². The molecule has 25 heavy (non-hydrogen) atoms. The quantitative estimate of drug-likeness (QED) is 0.618. The van der Waals surface area contributed by atoms with Crippen molar-refractivity contribution < 1.29 is 9.53 Å². The van der Waals surface area contributed by atoms with Crippen LogP contribution in [0.4, 0.5) is 0 Å². The zero-order valence-electron chi connectivity index (χ0n) is 14.2. The number of nitrogens with one attached hydrogen (secondary N) is 2. The lowest BCUT2D eigenvalue weighted by molar-refractivity contribution is 0.0953. The third kappa shape index (κ3) is 4.58. The van der Waals surface area contributed by atoms with Crippen molar-refractivity contribution in [3.05, 3.63) is 66.1 Å². The highest BCUT2D eigenvalue weighted by atomic mass is 16.5. The van der Waals surface area contributed by atoms with Crippen molar-refractivity contribution in [2.24, 2.45) is 0 Å². The van der Waals surface area contributed by atoms with Gasteiger partial charge in [-0.1, -0.05) is 12.1 Å². The van der Waals surface area contributed by atoms with Crippen LogP contribution in [0, 0.1) is 0 Å². The maximum Gasteiger partial charge on any atom is 0.251 e. The van der Waals surface area contributed by atoms with Crippen LogP contribution < -0.4 is 15.4 Å². The van der Waals surface area contributed by atoms with Gasteiger partial charge < -0.3 is 19.8 Å². The summed E-state index contributed by atoms with van der Waals surface area (Å²) in [6.07, 6.45) is 4.78. The molecule has 2 N–H and O–H groups in total. The van der Waals surface area contributed by atoms with Crippen LogP contribution in [-0.4, -0.2) is 35.4 Å². The Morgan fingerprint density at radius 1 is 1.20 bits per heavy atom. The van der Waals surface area contributed by atoms with Gasteiger partial charge in [-0.3, -0.25) is 4.79 Å². The highest BCUT2D eigenvalue weighted by molar-refractivity contribution is 5.94. The van der Waals surface area contributed by atoms with E-state index in [0.717, 1.165) is 24.3 Å². The summed E-state index contributed by atoms with van der Waals surface area (Å²) in [6.45, 7) is 1.88. The van der Waals surface area contributed by atoms with Crippen molar-refractivity contribution >= 4 is 11.6 Å². The lowest BCUT2D eigenvalue weighted by atomic mass is 10.2. The first-order valence-corrected chi connectivity index (χ1v) is 8.34. The normalized spacial score (nSPS) is 10.8. The van der Waals surface area contributed by atoms with E-state index in [4.69, 9.17) is 4.74 Å². The van der Waals surface area contributed by atoms with E-state index in [0.29, 0.717) is 24.5 Å². The van der Waals surface area contributed by atoms with Crippen LogP contribution in [-0.2, 0) is 6.61 Å². The molecule has 0 radical (unpaired) electrons. The molecule has 2 aromatic heterocycles. The molecule has 130 valence electrons. The number of nitrogens with zero attached hydrogens (tertiary/aromatic N) is 2. The Morgan fingerprint density at radius 2 is 2.12 bits per heavy atom. The van der Waals surface area contributed by atoms with E-state index < -0.39 is 0 Å². The van der Waals surface area contributed by atoms with E-state index in [-0.39, 0.29) is 5.91 Å². The van der Waals surface area contributed by atoms with Crippen molar-refractivity contribution in [1.29, 1.82) is 0 Å². The highest BCUT2D eigenvalue weighted by Gasteiger charge is 2.07. The third-order valence-corrected chi connectivity index (χ3v) is 3.79. The molecule has 0 unspecified atom stereocenters. The molecular formula is C19H22N4O2. The monoisotopic (exact) mass is 338 g/mol. The summed E-state index contributed by atoms with van der Waals surface area (Å²) < 4.78 is 7.74. The highest BCUT2D eigenvalue weighted by Crippen LogP contribution is 2.15. The maximum absolute atomic E-state index is 12.1. The largest absolute Gasteiger partial charge is 0.487 e. The van der Waals surface area contributed by atoms with Crippen LogP contribution in [0.1, 0.15) is 22.5 Å². The summed E-state index contributed by atoms with van der Waals surface area (Å²) in [6, 6.07) is 13.1. The average Bonchev–Trinajstić information content (AvgIpc) is 3.06. The Labute approximate surface area is 146 Å². The predicted molar refractivity (Wildman–Crippen MR) is 96.8 cm³/mol. The number of fused-ring (bicyclic) bond motifs is 1. The van der Waals surface area contributed by atoms with E-state index in [1.54, 1.807) is 12.1 Å². The second-order valence-corrected chi connectivity index (χ2v) is 5.73. The summed E-state index contributed by atoms with van der Waals surface area (Å²) in [5.74, 6) is 0.564. The number of carbonyl (C=O) groups is 1. The predicted octanol–water partition coefficient (Wildman–Crippen LogP) is 2.25. The molecule has 1 aromatic carbocycles. The van der Waals surface area contributed by atoms with E-state index in [1.807, 2.05) is 54.2 Å². The topological polar surface area (TPSA) is 67.7 Å². The number of hydrogen-bond acceptors (Lipinski definition) is 4. The average molecular weight is 338 g/mol. The number of hydrogen-bond donors (Lipinski definition) is 2. The summed E-state index contributed by atoms with van der Waals surface area (Å²) in [5, 5.41) is 5.96. The number of carbonyl (C=O) groups excluding carboxylic acids is 1. The molecule has 0 atom stereocenters. The van der Waals surface area contributed by atoms with Crippen molar-refractivity contribution in [3.63, 3.8) is 0 Å². The van der Waals surface area contributed by atoms with Gasteiger partial charge >= 0.3 is 0 Å². The third-order valence-electron chi connectivity index (χ3n) is 3.79. The first-order chi connectivity index (χ1) is 12.3. The first-order valence-electron chi connectivity index (χ1n) is 8.34. The molecule has 0 fully saturated rings. The van der Waals surface area contributed by atoms with Crippen molar-refractivity contribution in [2.45, 2.75) is 13.0 Å². The van der Waals surface area contributed by atoms with Crippen molar-refractivity contribution in [1.82, 2.24) is 20.0 Å². The van der Waals surface area contributed by atoms with Gasteiger partial charge in [-0.05, 0) is 50.3 Å². The standard InChI is InChI=1S/C19H22N4O2/c1-20-9-5-10-21-19(24)15-6-4-7-17(12-15)25-14-16-13-23-11-3-2-8-18(23)22-16/h2-4,6-8,11-13,20H,5,9-10,14H2,1H3,(H,21,24). The van der Waals surface area contributed by atoms with Gasteiger partial charge in [-0.25, -0.2) is 4.98 Å². The molecule has 0 saturated carbocycles. The smallest absolute Gasteiger partial charge is 0.251 e.